The molecule has 0 spiro atoms. The molecule has 0 unspecified atom stereocenters. The van der Waals surface area contributed by atoms with Crippen molar-refractivity contribution in [3.8, 4) is 0 Å². The summed E-state index contributed by atoms with van der Waals surface area (Å²) in [5.74, 6) is 0.237. The van der Waals surface area contributed by atoms with E-state index in [-0.39, 0.29) is 11.4 Å². The van der Waals surface area contributed by atoms with Crippen molar-refractivity contribution in [1.29, 1.82) is 0 Å². The van der Waals surface area contributed by atoms with E-state index in [0.29, 0.717) is 6.54 Å². The first-order valence-electron chi connectivity index (χ1n) is 5.46. The zero-order valence-electron chi connectivity index (χ0n) is 9.99. The van der Waals surface area contributed by atoms with Crippen LogP contribution in [0.25, 0.3) is 0 Å². The Morgan fingerprint density at radius 3 is 2.56 bits per heavy atom. The fourth-order valence-corrected chi connectivity index (χ4v) is 1.39. The van der Waals surface area contributed by atoms with Crippen LogP contribution >= 0.6 is 0 Å². The summed E-state index contributed by atoms with van der Waals surface area (Å²) in [6.45, 7) is 2.82. The minimum absolute atomic E-state index is 0.237. The summed E-state index contributed by atoms with van der Waals surface area (Å²) in [7, 11) is 2.97. The first kappa shape index (κ1) is 12.5. The Balaban J connectivity index is 2.82. The highest BCUT2D eigenvalue weighted by Gasteiger charge is 2.07. The molecule has 0 radical (unpaired) electrons. The first-order valence-corrected chi connectivity index (χ1v) is 5.46. The fourth-order valence-electron chi connectivity index (χ4n) is 1.39. The second-order valence-corrected chi connectivity index (χ2v) is 3.75. The summed E-state index contributed by atoms with van der Waals surface area (Å²) in [6, 6.07) is 0. The monoisotopic (exact) mass is 226 g/mol. The lowest BCUT2D eigenvalue weighted by Crippen LogP contribution is -2.40. The summed E-state index contributed by atoms with van der Waals surface area (Å²) in [5.41, 5.74) is -0.788. The molecule has 6 nitrogen and oxygen atoms in total. The molecule has 0 aliphatic rings. The van der Waals surface area contributed by atoms with E-state index in [0.717, 1.165) is 28.5 Å². The van der Waals surface area contributed by atoms with Crippen molar-refractivity contribution in [2.24, 2.45) is 14.1 Å². The first-order chi connectivity index (χ1) is 7.57. The van der Waals surface area contributed by atoms with E-state index >= 15 is 0 Å². The number of rotatable bonds is 5. The van der Waals surface area contributed by atoms with E-state index in [2.05, 4.69) is 17.3 Å². The summed E-state index contributed by atoms with van der Waals surface area (Å²) < 4.78 is 2.21. The third-order valence-corrected chi connectivity index (χ3v) is 2.39. The van der Waals surface area contributed by atoms with Gasteiger partial charge in [0.2, 0.25) is 5.82 Å². The predicted molar refractivity (Wildman–Crippen MR) is 62.7 cm³/mol. The number of anilines is 1. The SMILES string of the molecule is CCCCCNc1nn(C)c(=O)n(C)c1=O. The Bertz CT molecular complexity index is 461. The minimum Gasteiger partial charge on any atom is -0.364 e. The number of aryl methyl sites for hydroxylation is 1. The van der Waals surface area contributed by atoms with Crippen molar-refractivity contribution in [2.75, 3.05) is 11.9 Å². The van der Waals surface area contributed by atoms with Crippen LogP contribution in [-0.2, 0) is 14.1 Å². The molecule has 0 aromatic carbocycles. The number of aromatic nitrogens is 3. The van der Waals surface area contributed by atoms with Crippen LogP contribution in [0.5, 0.6) is 0 Å². The topological polar surface area (TPSA) is 68.9 Å². The molecule has 1 rings (SSSR count). The largest absolute Gasteiger partial charge is 0.364 e. The Morgan fingerprint density at radius 2 is 1.94 bits per heavy atom. The van der Waals surface area contributed by atoms with Gasteiger partial charge in [0.25, 0.3) is 5.56 Å². The lowest BCUT2D eigenvalue weighted by atomic mass is 10.2. The molecular weight excluding hydrogens is 208 g/mol. The van der Waals surface area contributed by atoms with Crippen LogP contribution in [0.15, 0.2) is 9.59 Å². The van der Waals surface area contributed by atoms with Gasteiger partial charge in [0.1, 0.15) is 0 Å². The Labute approximate surface area is 93.9 Å². The van der Waals surface area contributed by atoms with Crippen LogP contribution in [0.3, 0.4) is 0 Å². The highest BCUT2D eigenvalue weighted by Crippen LogP contribution is 1.95. The molecule has 16 heavy (non-hydrogen) atoms. The Kier molecular flexibility index (Phi) is 4.28. The maximum atomic E-state index is 11.6. The molecule has 0 aliphatic carbocycles. The molecule has 1 heterocycles. The van der Waals surface area contributed by atoms with Crippen LogP contribution in [0.1, 0.15) is 26.2 Å². The summed E-state index contributed by atoms with van der Waals surface area (Å²) in [4.78, 5) is 23.0. The van der Waals surface area contributed by atoms with Crippen molar-refractivity contribution < 1.29 is 0 Å². The molecule has 0 bridgehead atoms. The normalized spacial score (nSPS) is 10.4. The van der Waals surface area contributed by atoms with Gasteiger partial charge in [-0.2, -0.15) is 0 Å². The smallest absolute Gasteiger partial charge is 0.346 e. The average molecular weight is 226 g/mol. The van der Waals surface area contributed by atoms with Crippen LogP contribution < -0.4 is 16.6 Å². The van der Waals surface area contributed by atoms with Gasteiger partial charge in [-0.3, -0.25) is 9.36 Å². The van der Waals surface area contributed by atoms with Crippen LogP contribution in [0, 0.1) is 0 Å². The van der Waals surface area contributed by atoms with Crippen molar-refractivity contribution in [2.45, 2.75) is 26.2 Å². The van der Waals surface area contributed by atoms with Crippen LogP contribution in [0.2, 0.25) is 0 Å². The lowest BCUT2D eigenvalue weighted by Gasteiger charge is -2.07. The maximum absolute atomic E-state index is 11.6. The second-order valence-electron chi connectivity index (χ2n) is 3.75. The molecule has 0 fully saturated rings. The zero-order chi connectivity index (χ0) is 12.1. The number of hydrogen-bond donors (Lipinski definition) is 1. The van der Waals surface area contributed by atoms with E-state index < -0.39 is 5.69 Å². The van der Waals surface area contributed by atoms with E-state index in [9.17, 15) is 9.59 Å². The predicted octanol–water partition coefficient (Wildman–Crippen LogP) is 0.0811. The molecule has 90 valence electrons. The molecule has 0 saturated heterocycles. The molecule has 1 N–H and O–H groups in total. The van der Waals surface area contributed by atoms with Gasteiger partial charge in [0, 0.05) is 20.6 Å². The molecule has 0 amide bonds. The zero-order valence-corrected chi connectivity index (χ0v) is 9.99. The molecule has 6 heteroatoms. The molecule has 1 aromatic rings. The standard InChI is InChI=1S/C10H18N4O2/c1-4-5-6-7-11-8-9(15)13(2)10(16)14(3)12-8/h4-7H2,1-3H3,(H,11,12). The van der Waals surface area contributed by atoms with E-state index in [1.54, 1.807) is 0 Å². The van der Waals surface area contributed by atoms with Gasteiger partial charge in [-0.1, -0.05) is 19.8 Å². The quantitative estimate of drug-likeness (QED) is 0.722. The van der Waals surface area contributed by atoms with Gasteiger partial charge < -0.3 is 5.32 Å². The lowest BCUT2D eigenvalue weighted by molar-refractivity contribution is 0.602. The fraction of sp³-hybridized carbons (Fsp3) is 0.700. The average Bonchev–Trinajstić information content (AvgIpc) is 2.28. The van der Waals surface area contributed by atoms with Gasteiger partial charge >= 0.3 is 5.69 Å². The van der Waals surface area contributed by atoms with E-state index in [1.807, 2.05) is 0 Å². The van der Waals surface area contributed by atoms with E-state index in [1.165, 1.54) is 14.1 Å². The third-order valence-electron chi connectivity index (χ3n) is 2.39. The van der Waals surface area contributed by atoms with Gasteiger partial charge in [0.05, 0.1) is 0 Å². The highest BCUT2D eigenvalue weighted by molar-refractivity contribution is 5.29. The minimum atomic E-state index is -0.413. The van der Waals surface area contributed by atoms with Crippen molar-refractivity contribution in [3.05, 3.63) is 20.8 Å². The Hall–Kier alpha value is -1.59. The van der Waals surface area contributed by atoms with Crippen molar-refractivity contribution in [3.63, 3.8) is 0 Å². The van der Waals surface area contributed by atoms with Gasteiger partial charge in [0.15, 0.2) is 0 Å². The summed E-state index contributed by atoms with van der Waals surface area (Å²) >= 11 is 0. The third kappa shape index (κ3) is 2.71. The molecule has 0 aliphatic heterocycles. The van der Waals surface area contributed by atoms with Gasteiger partial charge in [-0.25, -0.2) is 9.48 Å². The second kappa shape index (κ2) is 5.48. The van der Waals surface area contributed by atoms with Crippen molar-refractivity contribution in [1.82, 2.24) is 14.3 Å². The molecule has 1 aromatic heterocycles. The number of hydrogen-bond acceptors (Lipinski definition) is 4. The highest BCUT2D eigenvalue weighted by atomic mass is 16.2. The van der Waals surface area contributed by atoms with Crippen LogP contribution in [-0.4, -0.2) is 20.9 Å². The van der Waals surface area contributed by atoms with Crippen molar-refractivity contribution >= 4 is 5.82 Å². The van der Waals surface area contributed by atoms with Crippen LogP contribution in [0.4, 0.5) is 5.82 Å². The number of unbranched alkanes of at least 4 members (excludes halogenated alkanes) is 2. The molecule has 0 atom stereocenters. The number of nitrogens with one attached hydrogen (secondary N) is 1. The summed E-state index contributed by atoms with van der Waals surface area (Å²) in [6.07, 6.45) is 3.23. The molecule has 0 saturated carbocycles. The Morgan fingerprint density at radius 1 is 1.25 bits per heavy atom. The molecular formula is C10H18N4O2. The summed E-state index contributed by atoms with van der Waals surface area (Å²) in [5, 5.41) is 6.84. The van der Waals surface area contributed by atoms with Gasteiger partial charge in [-0.15, -0.1) is 5.10 Å². The van der Waals surface area contributed by atoms with E-state index in [4.69, 9.17) is 0 Å². The number of nitrogens with zero attached hydrogens (tertiary/aromatic N) is 3. The maximum Gasteiger partial charge on any atom is 0.346 e. The van der Waals surface area contributed by atoms with Gasteiger partial charge in [-0.05, 0) is 6.42 Å².